The average molecular weight is 356 g/mol. The molecule has 1 saturated carbocycles. The predicted molar refractivity (Wildman–Crippen MR) is 79.6 cm³/mol. The molecule has 2 aromatic rings. The second-order valence-electron chi connectivity index (χ2n) is 5.86. The Morgan fingerprint density at radius 2 is 2.04 bits per heavy atom. The van der Waals surface area contributed by atoms with Gasteiger partial charge >= 0.3 is 6.18 Å². The number of carbonyl (C=O) groups is 2. The number of hydrogen-bond donors (Lipinski definition) is 2. The number of aryl methyl sites for hydroxylation is 1. The minimum atomic E-state index is -4.58. The largest absolute Gasteiger partial charge is 0.435 e. The third-order valence-electron chi connectivity index (χ3n) is 3.73. The van der Waals surface area contributed by atoms with Crippen LogP contribution in [0.1, 0.15) is 40.6 Å². The molecule has 3 rings (SSSR count). The number of nitrogens with two attached hydrogens (primary N) is 1. The zero-order valence-electron chi connectivity index (χ0n) is 13.2. The molecule has 2 heterocycles. The summed E-state index contributed by atoms with van der Waals surface area (Å²) >= 11 is 0. The SMILES string of the molecule is Cn1cc(NC(=O)Cn2nc(C(F)(F)F)cc2C2CC2)c(C(N)=O)n1. The first-order valence-corrected chi connectivity index (χ1v) is 7.43. The lowest BCUT2D eigenvalue weighted by atomic mass is 10.2. The van der Waals surface area contributed by atoms with Gasteiger partial charge in [0.1, 0.15) is 6.54 Å². The van der Waals surface area contributed by atoms with E-state index in [1.54, 1.807) is 0 Å². The number of anilines is 1. The Kier molecular flexibility index (Phi) is 4.01. The van der Waals surface area contributed by atoms with Crippen LogP contribution in [0.5, 0.6) is 0 Å². The van der Waals surface area contributed by atoms with Gasteiger partial charge in [0.15, 0.2) is 11.4 Å². The summed E-state index contributed by atoms with van der Waals surface area (Å²) < 4.78 is 40.9. The molecule has 0 unspecified atom stereocenters. The molecule has 1 aliphatic rings. The highest BCUT2D eigenvalue weighted by molar-refractivity contribution is 6.01. The van der Waals surface area contributed by atoms with E-state index >= 15 is 0 Å². The fourth-order valence-electron chi connectivity index (χ4n) is 2.49. The maximum atomic E-state index is 12.9. The minimum absolute atomic E-state index is 0.0176. The number of hydrogen-bond acceptors (Lipinski definition) is 4. The zero-order chi connectivity index (χ0) is 18.4. The van der Waals surface area contributed by atoms with Crippen LogP contribution < -0.4 is 11.1 Å². The summed E-state index contributed by atoms with van der Waals surface area (Å²) in [5, 5.41) is 9.75. The first-order chi connectivity index (χ1) is 11.6. The molecule has 0 saturated heterocycles. The monoisotopic (exact) mass is 356 g/mol. The van der Waals surface area contributed by atoms with Gasteiger partial charge in [0.25, 0.3) is 5.91 Å². The van der Waals surface area contributed by atoms with Crippen molar-refractivity contribution in [3.8, 4) is 0 Å². The predicted octanol–water partition coefficient (Wildman–Crippen LogP) is 1.25. The van der Waals surface area contributed by atoms with Crippen LogP contribution in [0.3, 0.4) is 0 Å². The van der Waals surface area contributed by atoms with Crippen molar-refractivity contribution in [1.82, 2.24) is 19.6 Å². The summed E-state index contributed by atoms with van der Waals surface area (Å²) in [5.74, 6) is -1.47. The molecule has 134 valence electrons. The summed E-state index contributed by atoms with van der Waals surface area (Å²) in [4.78, 5) is 23.5. The maximum Gasteiger partial charge on any atom is 0.435 e. The first kappa shape index (κ1) is 17.0. The second-order valence-corrected chi connectivity index (χ2v) is 5.86. The van der Waals surface area contributed by atoms with Crippen molar-refractivity contribution < 1.29 is 22.8 Å². The van der Waals surface area contributed by atoms with Gasteiger partial charge in [-0.05, 0) is 18.9 Å². The molecule has 0 atom stereocenters. The van der Waals surface area contributed by atoms with Gasteiger partial charge in [-0.15, -0.1) is 0 Å². The Hall–Kier alpha value is -2.85. The molecule has 0 spiro atoms. The van der Waals surface area contributed by atoms with Crippen molar-refractivity contribution >= 4 is 17.5 Å². The van der Waals surface area contributed by atoms with Crippen LogP contribution in [-0.4, -0.2) is 31.4 Å². The van der Waals surface area contributed by atoms with Gasteiger partial charge in [-0.2, -0.15) is 23.4 Å². The number of rotatable bonds is 5. The molecule has 25 heavy (non-hydrogen) atoms. The second kappa shape index (κ2) is 5.90. The lowest BCUT2D eigenvalue weighted by molar-refractivity contribution is -0.141. The topological polar surface area (TPSA) is 108 Å². The Balaban J connectivity index is 1.79. The molecule has 0 aromatic carbocycles. The van der Waals surface area contributed by atoms with Gasteiger partial charge < -0.3 is 11.1 Å². The summed E-state index contributed by atoms with van der Waals surface area (Å²) in [6, 6.07) is 0.976. The normalized spacial score (nSPS) is 14.6. The van der Waals surface area contributed by atoms with E-state index in [1.165, 1.54) is 17.9 Å². The van der Waals surface area contributed by atoms with E-state index in [0.29, 0.717) is 5.69 Å². The molecule has 2 amide bonds. The van der Waals surface area contributed by atoms with E-state index < -0.39 is 30.2 Å². The summed E-state index contributed by atoms with van der Waals surface area (Å²) in [5.41, 5.74) is 4.49. The number of aromatic nitrogens is 4. The minimum Gasteiger partial charge on any atom is -0.364 e. The Morgan fingerprint density at radius 1 is 1.36 bits per heavy atom. The molecule has 8 nitrogen and oxygen atoms in total. The van der Waals surface area contributed by atoms with Crippen molar-refractivity contribution in [3.63, 3.8) is 0 Å². The standard InChI is InChI=1S/C14H15F3N6O2/c1-22-5-8(12(21-22)13(18)25)19-11(24)6-23-9(7-2-3-7)4-10(20-23)14(15,16)17/h4-5,7H,2-3,6H2,1H3,(H2,18,25)(H,19,24). The van der Waals surface area contributed by atoms with Crippen LogP contribution in [-0.2, 0) is 24.6 Å². The Bertz CT molecular complexity index is 834. The highest BCUT2D eigenvalue weighted by Crippen LogP contribution is 2.42. The van der Waals surface area contributed by atoms with E-state index in [1.807, 2.05) is 0 Å². The van der Waals surface area contributed by atoms with E-state index in [2.05, 4.69) is 15.5 Å². The Labute approximate surface area is 139 Å². The van der Waals surface area contributed by atoms with Crippen molar-refractivity contribution in [2.24, 2.45) is 12.8 Å². The molecule has 3 N–H and O–H groups in total. The quantitative estimate of drug-likeness (QED) is 0.840. The van der Waals surface area contributed by atoms with Gasteiger partial charge in [0.2, 0.25) is 5.91 Å². The smallest absolute Gasteiger partial charge is 0.364 e. The van der Waals surface area contributed by atoms with E-state index in [-0.39, 0.29) is 17.3 Å². The summed E-state index contributed by atoms with van der Waals surface area (Å²) in [6.07, 6.45) is -1.67. The van der Waals surface area contributed by atoms with E-state index in [9.17, 15) is 22.8 Å². The summed E-state index contributed by atoms with van der Waals surface area (Å²) in [7, 11) is 1.54. The van der Waals surface area contributed by atoms with Gasteiger partial charge in [-0.25, -0.2) is 0 Å². The lowest BCUT2D eigenvalue weighted by Gasteiger charge is -2.07. The van der Waals surface area contributed by atoms with Crippen LogP contribution in [0.2, 0.25) is 0 Å². The molecule has 0 bridgehead atoms. The third-order valence-corrected chi connectivity index (χ3v) is 3.73. The van der Waals surface area contributed by atoms with Crippen molar-refractivity contribution in [3.05, 3.63) is 29.3 Å². The number of alkyl halides is 3. The van der Waals surface area contributed by atoms with Crippen molar-refractivity contribution in [1.29, 1.82) is 0 Å². The third kappa shape index (κ3) is 3.64. The van der Waals surface area contributed by atoms with Gasteiger partial charge in [-0.1, -0.05) is 0 Å². The highest BCUT2D eigenvalue weighted by Gasteiger charge is 2.38. The molecule has 1 fully saturated rings. The van der Waals surface area contributed by atoms with Gasteiger partial charge in [-0.3, -0.25) is 19.0 Å². The lowest BCUT2D eigenvalue weighted by Crippen LogP contribution is -2.23. The molecule has 0 aliphatic heterocycles. The Morgan fingerprint density at radius 3 is 2.60 bits per heavy atom. The molecule has 11 heteroatoms. The number of nitrogens with one attached hydrogen (secondary N) is 1. The van der Waals surface area contributed by atoms with Crippen molar-refractivity contribution in [2.45, 2.75) is 31.5 Å². The fourth-order valence-corrected chi connectivity index (χ4v) is 2.49. The number of amides is 2. The van der Waals surface area contributed by atoms with Crippen LogP contribution in [0, 0.1) is 0 Å². The summed E-state index contributed by atoms with van der Waals surface area (Å²) in [6.45, 7) is -0.408. The first-order valence-electron chi connectivity index (χ1n) is 7.43. The molecular formula is C14H15F3N6O2. The average Bonchev–Trinajstić information content (AvgIpc) is 3.13. The number of primary amides is 1. The van der Waals surface area contributed by atoms with Gasteiger partial charge in [0.05, 0.1) is 5.69 Å². The fraction of sp³-hybridized carbons (Fsp3) is 0.429. The molecule has 1 aliphatic carbocycles. The van der Waals surface area contributed by atoms with Crippen LogP contribution in [0.4, 0.5) is 18.9 Å². The van der Waals surface area contributed by atoms with Crippen LogP contribution >= 0.6 is 0 Å². The molecule has 2 aromatic heterocycles. The highest BCUT2D eigenvalue weighted by atomic mass is 19.4. The van der Waals surface area contributed by atoms with E-state index in [4.69, 9.17) is 5.73 Å². The number of nitrogens with zero attached hydrogens (tertiary/aromatic N) is 4. The van der Waals surface area contributed by atoms with Crippen molar-refractivity contribution in [2.75, 3.05) is 5.32 Å². The van der Waals surface area contributed by atoms with Gasteiger partial charge in [0, 0.05) is 24.9 Å². The maximum absolute atomic E-state index is 12.9. The van der Waals surface area contributed by atoms with Crippen LogP contribution in [0.25, 0.3) is 0 Å². The molecular weight excluding hydrogens is 341 g/mol. The van der Waals surface area contributed by atoms with Crippen LogP contribution in [0.15, 0.2) is 12.3 Å². The number of carbonyl (C=O) groups excluding carboxylic acids is 2. The molecule has 0 radical (unpaired) electrons. The van der Waals surface area contributed by atoms with E-state index in [0.717, 1.165) is 23.6 Å². The zero-order valence-corrected chi connectivity index (χ0v) is 13.2. The number of halogens is 3.